The first-order valence-electron chi connectivity index (χ1n) is 6.50. The zero-order valence-electron chi connectivity index (χ0n) is 11.1. The molecule has 4 nitrogen and oxygen atoms in total. The van der Waals surface area contributed by atoms with Gasteiger partial charge in [-0.05, 0) is 24.6 Å². The maximum atomic E-state index is 11.4. The second-order valence-corrected chi connectivity index (χ2v) is 5.24. The van der Waals surface area contributed by atoms with Crippen molar-refractivity contribution in [1.29, 1.82) is 0 Å². The predicted octanol–water partition coefficient (Wildman–Crippen LogP) is 1.54. The number of carbonyl (C=O) groups is 1. The summed E-state index contributed by atoms with van der Waals surface area (Å²) in [5.74, 6) is -0.185. The van der Waals surface area contributed by atoms with Crippen molar-refractivity contribution >= 4 is 17.5 Å². The number of nitrogens with zero attached hydrogens (tertiary/aromatic N) is 2. The number of piperazine rings is 1. The average molecular weight is 283 g/mol. The molecule has 1 aromatic rings. The van der Waals surface area contributed by atoms with Gasteiger partial charge in [0, 0.05) is 37.2 Å². The number of aliphatic hydroxyl groups is 1. The standard InChI is InChI=1S/C14H19ClN2O2/c1-11(12-3-2-4-13(15)9-12)16-5-7-17(8-6-16)14(19)10-18/h2-4,9,11,18H,5-8,10H2,1H3. The predicted molar refractivity (Wildman–Crippen MR) is 75.1 cm³/mol. The fraction of sp³-hybridized carbons (Fsp3) is 0.500. The van der Waals surface area contributed by atoms with Gasteiger partial charge < -0.3 is 10.0 Å². The second-order valence-electron chi connectivity index (χ2n) is 4.81. The van der Waals surface area contributed by atoms with E-state index < -0.39 is 6.61 Å². The van der Waals surface area contributed by atoms with Crippen molar-refractivity contribution in [3.8, 4) is 0 Å². The summed E-state index contributed by atoms with van der Waals surface area (Å²) >= 11 is 6.01. The molecule has 1 saturated heterocycles. The SMILES string of the molecule is CC(c1cccc(Cl)c1)N1CCN(C(=O)CO)CC1. The lowest BCUT2D eigenvalue weighted by Gasteiger charge is -2.38. The number of carbonyl (C=O) groups excluding carboxylic acids is 1. The summed E-state index contributed by atoms with van der Waals surface area (Å²) < 4.78 is 0. The molecule has 0 aliphatic carbocycles. The summed E-state index contributed by atoms with van der Waals surface area (Å²) in [5, 5.41) is 9.60. The van der Waals surface area contributed by atoms with Crippen molar-refractivity contribution < 1.29 is 9.90 Å². The van der Waals surface area contributed by atoms with Crippen LogP contribution in [0.25, 0.3) is 0 Å². The van der Waals surface area contributed by atoms with E-state index in [-0.39, 0.29) is 11.9 Å². The highest BCUT2D eigenvalue weighted by molar-refractivity contribution is 6.30. The Morgan fingerprint density at radius 2 is 2.05 bits per heavy atom. The first-order chi connectivity index (χ1) is 9.11. The fourth-order valence-electron chi connectivity index (χ4n) is 2.44. The third-order valence-corrected chi connectivity index (χ3v) is 3.92. The monoisotopic (exact) mass is 282 g/mol. The van der Waals surface area contributed by atoms with Crippen molar-refractivity contribution in [1.82, 2.24) is 9.80 Å². The number of halogens is 1. The molecule has 1 aliphatic rings. The molecule has 1 fully saturated rings. The van der Waals surface area contributed by atoms with Gasteiger partial charge in [0.25, 0.3) is 0 Å². The summed E-state index contributed by atoms with van der Waals surface area (Å²) in [5.41, 5.74) is 1.19. The molecule has 5 heteroatoms. The van der Waals surface area contributed by atoms with Crippen LogP contribution in [0.2, 0.25) is 5.02 Å². The van der Waals surface area contributed by atoms with Gasteiger partial charge in [0.15, 0.2) is 0 Å². The number of benzene rings is 1. The summed E-state index contributed by atoms with van der Waals surface area (Å²) in [6, 6.07) is 8.17. The van der Waals surface area contributed by atoms with E-state index >= 15 is 0 Å². The molecule has 1 N–H and O–H groups in total. The van der Waals surface area contributed by atoms with E-state index in [0.717, 1.165) is 18.1 Å². The van der Waals surface area contributed by atoms with E-state index in [1.807, 2.05) is 18.2 Å². The quantitative estimate of drug-likeness (QED) is 0.915. The fourth-order valence-corrected chi connectivity index (χ4v) is 2.63. The van der Waals surface area contributed by atoms with E-state index in [9.17, 15) is 4.79 Å². The van der Waals surface area contributed by atoms with Crippen LogP contribution in [0, 0.1) is 0 Å². The van der Waals surface area contributed by atoms with E-state index in [1.165, 1.54) is 5.56 Å². The molecular formula is C14H19ClN2O2. The van der Waals surface area contributed by atoms with Crippen molar-refractivity contribution in [3.05, 3.63) is 34.9 Å². The largest absolute Gasteiger partial charge is 0.387 e. The zero-order chi connectivity index (χ0) is 13.8. The van der Waals surface area contributed by atoms with Crippen LogP contribution in [0.4, 0.5) is 0 Å². The van der Waals surface area contributed by atoms with Crippen LogP contribution in [-0.2, 0) is 4.79 Å². The molecular weight excluding hydrogens is 264 g/mol. The zero-order valence-corrected chi connectivity index (χ0v) is 11.8. The molecule has 0 radical (unpaired) electrons. The molecule has 1 heterocycles. The normalized spacial score (nSPS) is 18.4. The second kappa shape index (κ2) is 6.37. The third kappa shape index (κ3) is 3.47. The molecule has 0 bridgehead atoms. The van der Waals surface area contributed by atoms with Crippen molar-refractivity contribution in [2.24, 2.45) is 0 Å². The Labute approximate surface area is 118 Å². The maximum absolute atomic E-state index is 11.4. The summed E-state index contributed by atoms with van der Waals surface area (Å²) in [7, 11) is 0. The lowest BCUT2D eigenvalue weighted by atomic mass is 10.1. The van der Waals surface area contributed by atoms with Crippen LogP contribution in [0.15, 0.2) is 24.3 Å². The Hall–Kier alpha value is -1.10. The number of aliphatic hydroxyl groups excluding tert-OH is 1. The van der Waals surface area contributed by atoms with E-state index in [1.54, 1.807) is 4.90 Å². The number of hydrogen-bond acceptors (Lipinski definition) is 3. The van der Waals surface area contributed by atoms with Gasteiger partial charge in [0.2, 0.25) is 5.91 Å². The highest BCUT2D eigenvalue weighted by atomic mass is 35.5. The number of rotatable bonds is 3. The summed E-state index contributed by atoms with van der Waals surface area (Å²) in [6.45, 7) is 4.73. The molecule has 1 unspecified atom stereocenters. The molecule has 0 saturated carbocycles. The van der Waals surface area contributed by atoms with Crippen LogP contribution in [0.1, 0.15) is 18.5 Å². The minimum atomic E-state index is -0.399. The molecule has 1 atom stereocenters. The lowest BCUT2D eigenvalue weighted by Crippen LogP contribution is -2.50. The summed E-state index contributed by atoms with van der Waals surface area (Å²) in [4.78, 5) is 15.4. The van der Waals surface area contributed by atoms with Crippen molar-refractivity contribution in [2.75, 3.05) is 32.8 Å². The van der Waals surface area contributed by atoms with Gasteiger partial charge >= 0.3 is 0 Å². The molecule has 19 heavy (non-hydrogen) atoms. The lowest BCUT2D eigenvalue weighted by molar-refractivity contribution is -0.136. The molecule has 1 amide bonds. The van der Waals surface area contributed by atoms with Crippen LogP contribution in [-0.4, -0.2) is 53.6 Å². The summed E-state index contributed by atoms with van der Waals surface area (Å²) in [6.07, 6.45) is 0. The Bertz CT molecular complexity index is 445. The van der Waals surface area contributed by atoms with Gasteiger partial charge in [-0.3, -0.25) is 9.69 Å². The third-order valence-electron chi connectivity index (χ3n) is 3.68. The number of amides is 1. The Morgan fingerprint density at radius 1 is 1.37 bits per heavy atom. The van der Waals surface area contributed by atoms with Gasteiger partial charge in [-0.2, -0.15) is 0 Å². The first-order valence-corrected chi connectivity index (χ1v) is 6.87. The first kappa shape index (κ1) is 14.3. The van der Waals surface area contributed by atoms with E-state index in [0.29, 0.717) is 13.1 Å². The average Bonchev–Trinajstić information content (AvgIpc) is 2.46. The Kier molecular flexibility index (Phi) is 4.80. The van der Waals surface area contributed by atoms with Crippen LogP contribution in [0.3, 0.4) is 0 Å². The molecule has 0 spiro atoms. The van der Waals surface area contributed by atoms with E-state index in [2.05, 4.69) is 17.9 Å². The topological polar surface area (TPSA) is 43.8 Å². The van der Waals surface area contributed by atoms with E-state index in [4.69, 9.17) is 16.7 Å². The molecule has 104 valence electrons. The Morgan fingerprint density at radius 3 is 2.63 bits per heavy atom. The Balaban J connectivity index is 1.96. The van der Waals surface area contributed by atoms with Gasteiger partial charge in [-0.1, -0.05) is 23.7 Å². The molecule has 0 aromatic heterocycles. The highest BCUT2D eigenvalue weighted by Gasteiger charge is 2.24. The minimum Gasteiger partial charge on any atom is -0.387 e. The van der Waals surface area contributed by atoms with Crippen LogP contribution < -0.4 is 0 Å². The maximum Gasteiger partial charge on any atom is 0.248 e. The molecule has 1 aliphatic heterocycles. The molecule has 1 aromatic carbocycles. The van der Waals surface area contributed by atoms with Crippen LogP contribution >= 0.6 is 11.6 Å². The number of hydrogen-bond donors (Lipinski definition) is 1. The van der Waals surface area contributed by atoms with Gasteiger partial charge in [0.1, 0.15) is 6.61 Å². The van der Waals surface area contributed by atoms with Crippen LogP contribution in [0.5, 0.6) is 0 Å². The minimum absolute atomic E-state index is 0.185. The van der Waals surface area contributed by atoms with Gasteiger partial charge in [0.05, 0.1) is 0 Å². The van der Waals surface area contributed by atoms with Crippen molar-refractivity contribution in [3.63, 3.8) is 0 Å². The van der Waals surface area contributed by atoms with Gasteiger partial charge in [-0.25, -0.2) is 0 Å². The smallest absolute Gasteiger partial charge is 0.248 e. The highest BCUT2D eigenvalue weighted by Crippen LogP contribution is 2.23. The molecule has 2 rings (SSSR count). The van der Waals surface area contributed by atoms with Gasteiger partial charge in [-0.15, -0.1) is 0 Å². The van der Waals surface area contributed by atoms with Crippen molar-refractivity contribution in [2.45, 2.75) is 13.0 Å².